The number of rotatable bonds is 11. The third-order valence-electron chi connectivity index (χ3n) is 7.03. The van der Waals surface area contributed by atoms with Gasteiger partial charge in [-0.3, -0.25) is 4.90 Å². The number of ether oxygens (including phenoxy) is 2. The molecule has 8 nitrogen and oxygen atoms in total. The van der Waals surface area contributed by atoms with Crippen LogP contribution in [0, 0.1) is 5.92 Å². The maximum atomic E-state index is 12.7. The van der Waals surface area contributed by atoms with Gasteiger partial charge in [0.2, 0.25) is 5.95 Å². The molecule has 3 N–H and O–H groups in total. The number of hydrogen-bond donors (Lipinski definition) is 2. The Kier molecular flexibility index (Phi) is 9.31. The Morgan fingerprint density at radius 1 is 1.08 bits per heavy atom. The van der Waals surface area contributed by atoms with Crippen LogP contribution in [0.2, 0.25) is 0 Å². The van der Waals surface area contributed by atoms with Crippen LogP contribution in [0.1, 0.15) is 32.1 Å². The van der Waals surface area contributed by atoms with Crippen LogP contribution in [-0.4, -0.2) is 85.5 Å². The summed E-state index contributed by atoms with van der Waals surface area (Å²) >= 11 is 0. The van der Waals surface area contributed by atoms with Gasteiger partial charge in [-0.15, -0.1) is 0 Å². The van der Waals surface area contributed by atoms with E-state index in [0.29, 0.717) is 56.4 Å². The molecule has 2 fully saturated rings. The molecule has 37 heavy (non-hydrogen) atoms. The summed E-state index contributed by atoms with van der Waals surface area (Å²) < 4.78 is 49.6. The standard InChI is InChI=1S/C26H37F3N6O2/c1-36-22-6-5-20(15-23(22)37-14-4-11-34-9-2-3-10-34)21-17-32-25(30)33-24(21)31-16-19-7-12-35(13-8-19)18-26(27,28)29/h5-6,15,17,19H,2-4,7-14,16,18H2,1H3,(H3,30,31,32,33). The van der Waals surface area contributed by atoms with Crippen LogP contribution in [0.5, 0.6) is 11.5 Å². The quantitative estimate of drug-likeness (QED) is 0.423. The molecule has 2 aliphatic rings. The van der Waals surface area contributed by atoms with Crippen molar-refractivity contribution >= 4 is 11.8 Å². The van der Waals surface area contributed by atoms with Crippen LogP contribution in [-0.2, 0) is 0 Å². The number of alkyl halides is 3. The molecular formula is C26H37F3N6O2. The fourth-order valence-electron chi connectivity index (χ4n) is 5.02. The van der Waals surface area contributed by atoms with E-state index in [-0.39, 0.29) is 11.9 Å². The van der Waals surface area contributed by atoms with Crippen molar-refractivity contribution in [1.29, 1.82) is 0 Å². The Labute approximate surface area is 216 Å². The van der Waals surface area contributed by atoms with Gasteiger partial charge in [0.05, 0.1) is 20.3 Å². The molecule has 0 atom stereocenters. The van der Waals surface area contributed by atoms with Crippen molar-refractivity contribution in [1.82, 2.24) is 19.8 Å². The highest BCUT2D eigenvalue weighted by atomic mass is 19.4. The minimum absolute atomic E-state index is 0.151. The third kappa shape index (κ3) is 8.10. The molecule has 0 radical (unpaired) electrons. The molecule has 2 saturated heterocycles. The highest BCUT2D eigenvalue weighted by Crippen LogP contribution is 2.35. The lowest BCUT2D eigenvalue weighted by Crippen LogP contribution is -2.41. The van der Waals surface area contributed by atoms with Crippen LogP contribution in [0.3, 0.4) is 0 Å². The highest BCUT2D eigenvalue weighted by Gasteiger charge is 2.32. The first-order chi connectivity index (χ1) is 17.8. The average Bonchev–Trinajstić information content (AvgIpc) is 3.39. The van der Waals surface area contributed by atoms with Crippen molar-refractivity contribution < 1.29 is 22.6 Å². The lowest BCUT2D eigenvalue weighted by Gasteiger charge is -2.32. The zero-order valence-corrected chi connectivity index (χ0v) is 21.4. The maximum absolute atomic E-state index is 12.7. The molecule has 4 rings (SSSR count). The molecule has 3 heterocycles. The molecule has 1 aromatic carbocycles. The van der Waals surface area contributed by atoms with Gasteiger partial charge in [0.1, 0.15) is 5.82 Å². The lowest BCUT2D eigenvalue weighted by atomic mass is 9.96. The van der Waals surface area contributed by atoms with Crippen molar-refractivity contribution in [3.05, 3.63) is 24.4 Å². The van der Waals surface area contributed by atoms with Gasteiger partial charge in [-0.05, 0) is 81.9 Å². The zero-order chi connectivity index (χ0) is 26.3. The molecule has 2 aliphatic heterocycles. The normalized spacial score (nSPS) is 17.7. The summed E-state index contributed by atoms with van der Waals surface area (Å²) in [6.07, 6.45) is 2.38. The van der Waals surface area contributed by atoms with Gasteiger partial charge >= 0.3 is 6.18 Å². The van der Waals surface area contributed by atoms with Crippen LogP contribution in [0.15, 0.2) is 24.4 Å². The zero-order valence-electron chi connectivity index (χ0n) is 21.4. The number of anilines is 2. The summed E-state index contributed by atoms with van der Waals surface area (Å²) in [7, 11) is 1.62. The SMILES string of the molecule is COc1ccc(-c2cnc(N)nc2NCC2CCN(CC(F)(F)F)CC2)cc1OCCCN1CCCC1. The maximum Gasteiger partial charge on any atom is 0.401 e. The molecule has 0 unspecified atom stereocenters. The number of halogens is 3. The first-order valence-electron chi connectivity index (χ1n) is 13.0. The van der Waals surface area contributed by atoms with E-state index in [4.69, 9.17) is 15.2 Å². The van der Waals surface area contributed by atoms with Crippen molar-refractivity contribution in [2.75, 3.05) is 70.6 Å². The Bertz CT molecular complexity index is 1010. The van der Waals surface area contributed by atoms with Gasteiger partial charge in [-0.1, -0.05) is 6.07 Å². The summed E-state index contributed by atoms with van der Waals surface area (Å²) in [6.45, 7) is 4.56. The van der Waals surface area contributed by atoms with Crippen molar-refractivity contribution in [2.24, 2.45) is 5.92 Å². The van der Waals surface area contributed by atoms with Gasteiger partial charge in [0.15, 0.2) is 11.5 Å². The number of likely N-dealkylation sites (tertiary alicyclic amines) is 2. The molecule has 0 amide bonds. The van der Waals surface area contributed by atoms with E-state index >= 15 is 0 Å². The average molecular weight is 523 g/mol. The monoisotopic (exact) mass is 522 g/mol. The summed E-state index contributed by atoms with van der Waals surface area (Å²) in [5.74, 6) is 2.30. The first kappa shape index (κ1) is 27.3. The topological polar surface area (TPSA) is 88.8 Å². The van der Waals surface area contributed by atoms with Crippen LogP contribution in [0.25, 0.3) is 11.1 Å². The van der Waals surface area contributed by atoms with Gasteiger partial charge < -0.3 is 25.4 Å². The second-order valence-electron chi connectivity index (χ2n) is 9.82. The number of nitrogens with two attached hydrogens (primary N) is 1. The number of methoxy groups -OCH3 is 1. The molecular weight excluding hydrogens is 485 g/mol. The third-order valence-corrected chi connectivity index (χ3v) is 7.03. The van der Waals surface area contributed by atoms with Gasteiger partial charge in [0, 0.05) is 24.8 Å². The van der Waals surface area contributed by atoms with E-state index in [1.165, 1.54) is 30.8 Å². The van der Waals surface area contributed by atoms with E-state index in [1.54, 1.807) is 13.3 Å². The summed E-state index contributed by atoms with van der Waals surface area (Å²) in [5.41, 5.74) is 7.51. The lowest BCUT2D eigenvalue weighted by molar-refractivity contribution is -0.148. The largest absolute Gasteiger partial charge is 0.493 e. The van der Waals surface area contributed by atoms with Gasteiger partial charge in [-0.25, -0.2) is 4.98 Å². The van der Waals surface area contributed by atoms with E-state index in [0.717, 1.165) is 24.1 Å². The van der Waals surface area contributed by atoms with Crippen molar-refractivity contribution in [3.63, 3.8) is 0 Å². The number of nitrogen functional groups attached to an aromatic ring is 1. The summed E-state index contributed by atoms with van der Waals surface area (Å²) in [6, 6.07) is 5.71. The van der Waals surface area contributed by atoms with Crippen molar-refractivity contribution in [3.8, 4) is 22.6 Å². The smallest absolute Gasteiger partial charge is 0.401 e. The molecule has 0 spiro atoms. The minimum Gasteiger partial charge on any atom is -0.493 e. The Morgan fingerprint density at radius 3 is 2.54 bits per heavy atom. The molecule has 2 aromatic rings. The number of nitrogens with one attached hydrogen (secondary N) is 1. The summed E-state index contributed by atoms with van der Waals surface area (Å²) in [5, 5.41) is 3.37. The molecule has 1 aromatic heterocycles. The number of aromatic nitrogens is 2. The summed E-state index contributed by atoms with van der Waals surface area (Å²) in [4.78, 5) is 12.5. The number of piperidine rings is 1. The fraction of sp³-hybridized carbons (Fsp3) is 0.615. The van der Waals surface area contributed by atoms with E-state index < -0.39 is 12.7 Å². The minimum atomic E-state index is -4.16. The van der Waals surface area contributed by atoms with E-state index in [2.05, 4.69) is 20.2 Å². The Balaban J connectivity index is 1.38. The number of benzene rings is 1. The predicted molar refractivity (Wildman–Crippen MR) is 138 cm³/mol. The highest BCUT2D eigenvalue weighted by molar-refractivity contribution is 5.77. The van der Waals surface area contributed by atoms with Crippen molar-refractivity contribution in [2.45, 2.75) is 38.3 Å². The van der Waals surface area contributed by atoms with Gasteiger partial charge in [-0.2, -0.15) is 18.2 Å². The molecule has 0 bridgehead atoms. The van der Waals surface area contributed by atoms with Crippen LogP contribution in [0.4, 0.5) is 24.9 Å². The van der Waals surface area contributed by atoms with E-state index in [1.807, 2.05) is 18.2 Å². The van der Waals surface area contributed by atoms with E-state index in [9.17, 15) is 13.2 Å². The predicted octanol–water partition coefficient (Wildman–Crippen LogP) is 4.29. The van der Waals surface area contributed by atoms with Crippen LogP contribution < -0.4 is 20.5 Å². The first-order valence-corrected chi connectivity index (χ1v) is 13.0. The van der Waals surface area contributed by atoms with Gasteiger partial charge in [0.25, 0.3) is 0 Å². The molecule has 0 saturated carbocycles. The number of nitrogens with zero attached hydrogens (tertiary/aromatic N) is 4. The van der Waals surface area contributed by atoms with Crippen LogP contribution >= 0.6 is 0 Å². The Morgan fingerprint density at radius 2 is 1.84 bits per heavy atom. The molecule has 11 heteroatoms. The second-order valence-corrected chi connectivity index (χ2v) is 9.82. The molecule has 0 aliphatic carbocycles. The Hall–Kier alpha value is -2.79. The fourth-order valence-corrected chi connectivity index (χ4v) is 5.02. The number of hydrogen-bond acceptors (Lipinski definition) is 8. The second kappa shape index (κ2) is 12.6. The molecule has 204 valence electrons.